The van der Waals surface area contributed by atoms with Crippen LogP contribution in [0.25, 0.3) is 10.8 Å². The Morgan fingerprint density at radius 1 is 1.06 bits per heavy atom. The van der Waals surface area contributed by atoms with Crippen LogP contribution >= 0.6 is 0 Å². The van der Waals surface area contributed by atoms with Crippen LogP contribution in [0.3, 0.4) is 0 Å². The number of hydrogen-bond donors (Lipinski definition) is 1. The number of rotatable bonds is 4. The van der Waals surface area contributed by atoms with Crippen molar-refractivity contribution in [2.75, 3.05) is 26.1 Å². The van der Waals surface area contributed by atoms with Gasteiger partial charge in [-0.25, -0.2) is 0 Å². The third kappa shape index (κ3) is 2.09. The van der Waals surface area contributed by atoms with Gasteiger partial charge in [0.25, 0.3) is 0 Å². The second kappa shape index (κ2) is 4.86. The van der Waals surface area contributed by atoms with Crippen molar-refractivity contribution in [1.82, 2.24) is 0 Å². The van der Waals surface area contributed by atoms with Crippen molar-refractivity contribution < 1.29 is 9.47 Å². The lowest BCUT2D eigenvalue weighted by molar-refractivity contribution is 0.147. The van der Waals surface area contributed by atoms with Gasteiger partial charge in [-0.1, -0.05) is 30.3 Å². The number of hydrogen-bond acceptors (Lipinski definition) is 3. The second-order valence-electron chi connectivity index (χ2n) is 3.54. The van der Waals surface area contributed by atoms with E-state index >= 15 is 0 Å². The number of ether oxygens (including phenoxy) is 2. The van der Waals surface area contributed by atoms with Gasteiger partial charge in [0.2, 0.25) is 0 Å². The van der Waals surface area contributed by atoms with Crippen molar-refractivity contribution in [3.63, 3.8) is 0 Å². The van der Waals surface area contributed by atoms with Gasteiger partial charge in [0, 0.05) is 12.5 Å². The van der Waals surface area contributed by atoms with E-state index in [1.54, 1.807) is 7.11 Å². The molecule has 3 nitrogen and oxygen atoms in total. The molecule has 0 atom stereocenters. The van der Waals surface area contributed by atoms with E-state index in [1.807, 2.05) is 36.4 Å². The Bertz CT molecular complexity index is 482. The van der Waals surface area contributed by atoms with Crippen LogP contribution in [-0.4, -0.2) is 20.3 Å². The molecule has 0 aliphatic carbocycles. The number of nitrogens with two attached hydrogens (primary N) is 1. The highest BCUT2D eigenvalue weighted by atomic mass is 16.5. The summed E-state index contributed by atoms with van der Waals surface area (Å²) in [6.45, 7) is 1.07. The van der Waals surface area contributed by atoms with Crippen LogP contribution in [0.15, 0.2) is 36.4 Å². The molecule has 0 saturated carbocycles. The van der Waals surface area contributed by atoms with Gasteiger partial charge < -0.3 is 15.2 Å². The van der Waals surface area contributed by atoms with Crippen LogP contribution in [0, 0.1) is 0 Å². The predicted octanol–water partition coefficient (Wildman–Crippen LogP) is 2.45. The number of methoxy groups -OCH3 is 1. The van der Waals surface area contributed by atoms with E-state index in [2.05, 4.69) is 0 Å². The first-order valence-electron chi connectivity index (χ1n) is 5.22. The maximum Gasteiger partial charge on any atom is 0.142 e. The summed E-state index contributed by atoms with van der Waals surface area (Å²) in [5.74, 6) is 0.718. The summed E-state index contributed by atoms with van der Waals surface area (Å²) in [7, 11) is 1.65. The van der Waals surface area contributed by atoms with Gasteiger partial charge in [-0.3, -0.25) is 0 Å². The standard InChI is InChI=1S/C13H15NO2/c1-15-8-9-16-12-7-6-10-4-2-3-5-11(10)13(12)14/h2-7H,8-9,14H2,1H3. The Kier molecular flexibility index (Phi) is 3.27. The maximum atomic E-state index is 6.04. The van der Waals surface area contributed by atoms with E-state index in [0.717, 1.165) is 16.5 Å². The van der Waals surface area contributed by atoms with Gasteiger partial charge in [-0.05, 0) is 11.5 Å². The SMILES string of the molecule is COCCOc1ccc2ccccc2c1N. The largest absolute Gasteiger partial charge is 0.489 e. The number of anilines is 1. The fourth-order valence-corrected chi connectivity index (χ4v) is 1.64. The molecule has 0 unspecified atom stereocenters. The highest BCUT2D eigenvalue weighted by Crippen LogP contribution is 2.30. The first-order valence-corrected chi connectivity index (χ1v) is 5.22. The van der Waals surface area contributed by atoms with Crippen molar-refractivity contribution >= 4 is 16.5 Å². The predicted molar refractivity (Wildman–Crippen MR) is 65.7 cm³/mol. The van der Waals surface area contributed by atoms with Gasteiger partial charge in [0.15, 0.2) is 0 Å². The molecule has 0 aromatic heterocycles. The van der Waals surface area contributed by atoms with Gasteiger partial charge in [-0.2, -0.15) is 0 Å². The van der Waals surface area contributed by atoms with Crippen LogP contribution in [0.2, 0.25) is 0 Å². The zero-order valence-corrected chi connectivity index (χ0v) is 9.27. The third-order valence-electron chi connectivity index (χ3n) is 2.48. The monoisotopic (exact) mass is 217 g/mol. The lowest BCUT2D eigenvalue weighted by atomic mass is 10.1. The molecule has 3 heteroatoms. The molecule has 2 rings (SSSR count). The Balaban J connectivity index is 2.29. The summed E-state index contributed by atoms with van der Waals surface area (Å²) in [5, 5.41) is 2.15. The van der Waals surface area contributed by atoms with E-state index in [1.165, 1.54) is 0 Å². The molecule has 0 fully saturated rings. The van der Waals surface area contributed by atoms with Gasteiger partial charge >= 0.3 is 0 Å². The normalized spacial score (nSPS) is 10.6. The van der Waals surface area contributed by atoms with Crippen molar-refractivity contribution in [3.8, 4) is 5.75 Å². The molecule has 0 bridgehead atoms. The van der Waals surface area contributed by atoms with E-state index in [0.29, 0.717) is 18.9 Å². The summed E-state index contributed by atoms with van der Waals surface area (Å²) in [5.41, 5.74) is 6.72. The van der Waals surface area contributed by atoms with Crippen LogP contribution in [-0.2, 0) is 4.74 Å². The smallest absolute Gasteiger partial charge is 0.142 e. The van der Waals surface area contributed by atoms with E-state index < -0.39 is 0 Å². The van der Waals surface area contributed by atoms with Crippen molar-refractivity contribution in [3.05, 3.63) is 36.4 Å². The summed E-state index contributed by atoms with van der Waals surface area (Å²) >= 11 is 0. The number of fused-ring (bicyclic) bond motifs is 1. The van der Waals surface area contributed by atoms with Gasteiger partial charge in [0.05, 0.1) is 12.3 Å². The molecule has 2 aromatic rings. The first kappa shape index (κ1) is 10.8. The first-order chi connectivity index (χ1) is 7.83. The third-order valence-corrected chi connectivity index (χ3v) is 2.48. The van der Waals surface area contributed by atoms with Crippen molar-refractivity contribution in [1.29, 1.82) is 0 Å². The summed E-state index contributed by atoms with van der Waals surface area (Å²) in [4.78, 5) is 0. The zero-order valence-electron chi connectivity index (χ0n) is 9.27. The molecular weight excluding hydrogens is 202 g/mol. The molecule has 2 N–H and O–H groups in total. The van der Waals surface area contributed by atoms with Crippen LogP contribution in [0.1, 0.15) is 0 Å². The molecule has 0 aliphatic heterocycles. The summed E-state index contributed by atoms with van der Waals surface area (Å²) in [6, 6.07) is 11.9. The van der Waals surface area contributed by atoms with Crippen molar-refractivity contribution in [2.45, 2.75) is 0 Å². The lowest BCUT2D eigenvalue weighted by Gasteiger charge is -2.10. The summed E-state index contributed by atoms with van der Waals surface area (Å²) < 4.78 is 10.5. The molecule has 84 valence electrons. The Labute approximate surface area is 94.8 Å². The fourth-order valence-electron chi connectivity index (χ4n) is 1.64. The quantitative estimate of drug-likeness (QED) is 0.632. The average molecular weight is 217 g/mol. The minimum absolute atomic E-state index is 0.513. The molecule has 2 aromatic carbocycles. The highest BCUT2D eigenvalue weighted by Gasteiger charge is 2.04. The average Bonchev–Trinajstić information content (AvgIpc) is 2.33. The second-order valence-corrected chi connectivity index (χ2v) is 3.54. The summed E-state index contributed by atoms with van der Waals surface area (Å²) in [6.07, 6.45) is 0. The van der Waals surface area contributed by atoms with E-state index in [-0.39, 0.29) is 0 Å². The topological polar surface area (TPSA) is 44.5 Å². The molecule has 0 radical (unpaired) electrons. The zero-order chi connectivity index (χ0) is 11.4. The number of benzene rings is 2. The molecular formula is C13H15NO2. The van der Waals surface area contributed by atoms with Crippen LogP contribution in [0.4, 0.5) is 5.69 Å². The fraction of sp³-hybridized carbons (Fsp3) is 0.231. The Morgan fingerprint density at radius 3 is 2.69 bits per heavy atom. The van der Waals surface area contributed by atoms with Crippen molar-refractivity contribution in [2.24, 2.45) is 0 Å². The Morgan fingerprint density at radius 2 is 1.88 bits per heavy atom. The van der Waals surface area contributed by atoms with Crippen LogP contribution < -0.4 is 10.5 Å². The lowest BCUT2D eigenvalue weighted by Crippen LogP contribution is -2.06. The van der Waals surface area contributed by atoms with E-state index in [4.69, 9.17) is 15.2 Å². The minimum atomic E-state index is 0.513. The van der Waals surface area contributed by atoms with Gasteiger partial charge in [0.1, 0.15) is 12.4 Å². The molecule has 0 heterocycles. The molecule has 0 saturated heterocycles. The molecule has 0 amide bonds. The maximum absolute atomic E-state index is 6.04. The minimum Gasteiger partial charge on any atom is -0.489 e. The van der Waals surface area contributed by atoms with E-state index in [9.17, 15) is 0 Å². The van der Waals surface area contributed by atoms with Gasteiger partial charge in [-0.15, -0.1) is 0 Å². The Hall–Kier alpha value is -1.74. The number of nitrogen functional groups attached to an aromatic ring is 1. The molecule has 0 aliphatic rings. The molecule has 16 heavy (non-hydrogen) atoms. The molecule has 0 spiro atoms. The highest BCUT2D eigenvalue weighted by molar-refractivity contribution is 5.95. The van der Waals surface area contributed by atoms with Crippen LogP contribution in [0.5, 0.6) is 5.75 Å².